The van der Waals surface area contributed by atoms with Gasteiger partial charge < -0.3 is 4.74 Å². The van der Waals surface area contributed by atoms with Crippen molar-refractivity contribution in [1.82, 2.24) is 4.90 Å². The Morgan fingerprint density at radius 2 is 1.52 bits per heavy atom. The number of hydrogen-bond acceptors (Lipinski definition) is 2. The molecule has 2 aliphatic rings. The molecule has 1 atom stereocenters. The van der Waals surface area contributed by atoms with Crippen LogP contribution in [0, 0.1) is 11.6 Å². The summed E-state index contributed by atoms with van der Waals surface area (Å²) in [6.07, 6.45) is 8.94. The van der Waals surface area contributed by atoms with Gasteiger partial charge in [-0.25, -0.2) is 8.78 Å². The molecule has 128 valence electrons. The van der Waals surface area contributed by atoms with E-state index in [1.54, 1.807) is 0 Å². The number of ether oxygens (including phenoxy) is 1. The second kappa shape index (κ2) is 7.71. The van der Waals surface area contributed by atoms with E-state index in [9.17, 15) is 8.78 Å². The van der Waals surface area contributed by atoms with Gasteiger partial charge in [0, 0.05) is 24.7 Å². The molecule has 3 rings (SSSR count). The first-order valence-corrected chi connectivity index (χ1v) is 8.98. The SMILES string of the molecule is CC(c1c(F)cccc1F)N1CCC(OC2CCCCC2)CC1. The normalized spacial score (nSPS) is 23.1. The lowest BCUT2D eigenvalue weighted by Crippen LogP contribution is -2.40. The maximum absolute atomic E-state index is 14.0. The fourth-order valence-electron chi connectivity index (χ4n) is 3.96. The average Bonchev–Trinajstić information content (AvgIpc) is 2.56. The molecule has 4 heteroatoms. The molecule has 1 aliphatic heterocycles. The summed E-state index contributed by atoms with van der Waals surface area (Å²) in [7, 11) is 0. The Balaban J connectivity index is 1.54. The molecule has 1 aromatic carbocycles. The Morgan fingerprint density at radius 3 is 2.13 bits per heavy atom. The van der Waals surface area contributed by atoms with E-state index in [0.717, 1.165) is 25.9 Å². The summed E-state index contributed by atoms with van der Waals surface area (Å²) in [5.41, 5.74) is 0.194. The Labute approximate surface area is 137 Å². The van der Waals surface area contributed by atoms with Crippen LogP contribution in [0.15, 0.2) is 18.2 Å². The van der Waals surface area contributed by atoms with Crippen molar-refractivity contribution in [2.45, 2.75) is 70.1 Å². The van der Waals surface area contributed by atoms with Gasteiger partial charge in [-0.3, -0.25) is 4.90 Å². The van der Waals surface area contributed by atoms with Gasteiger partial charge in [0.2, 0.25) is 0 Å². The highest BCUT2D eigenvalue weighted by molar-refractivity contribution is 5.23. The van der Waals surface area contributed by atoms with Crippen LogP contribution in [0.4, 0.5) is 8.78 Å². The van der Waals surface area contributed by atoms with E-state index in [0.29, 0.717) is 12.2 Å². The fourth-order valence-corrected chi connectivity index (χ4v) is 3.96. The Morgan fingerprint density at radius 1 is 0.957 bits per heavy atom. The Kier molecular flexibility index (Phi) is 5.65. The van der Waals surface area contributed by atoms with E-state index >= 15 is 0 Å². The Bertz CT molecular complexity index is 488. The van der Waals surface area contributed by atoms with Crippen LogP contribution in [0.25, 0.3) is 0 Å². The first-order chi connectivity index (χ1) is 11.1. The van der Waals surface area contributed by atoms with Gasteiger partial charge in [-0.2, -0.15) is 0 Å². The number of nitrogens with zero attached hydrogens (tertiary/aromatic N) is 1. The molecular weight excluding hydrogens is 296 g/mol. The largest absolute Gasteiger partial charge is 0.375 e. The zero-order chi connectivity index (χ0) is 16.2. The second-order valence-electron chi connectivity index (χ2n) is 6.94. The van der Waals surface area contributed by atoms with E-state index in [1.165, 1.54) is 50.3 Å². The van der Waals surface area contributed by atoms with Crippen LogP contribution in [-0.2, 0) is 4.74 Å². The summed E-state index contributed by atoms with van der Waals surface area (Å²) in [4.78, 5) is 2.17. The van der Waals surface area contributed by atoms with Gasteiger partial charge >= 0.3 is 0 Å². The molecule has 0 N–H and O–H groups in total. The Hall–Kier alpha value is -1.00. The highest BCUT2D eigenvalue weighted by Crippen LogP contribution is 2.30. The quantitative estimate of drug-likeness (QED) is 0.786. The average molecular weight is 323 g/mol. The number of hydrogen-bond donors (Lipinski definition) is 0. The number of halogens is 2. The summed E-state index contributed by atoms with van der Waals surface area (Å²) >= 11 is 0. The summed E-state index contributed by atoms with van der Waals surface area (Å²) in [5, 5.41) is 0. The molecule has 0 amide bonds. The van der Waals surface area contributed by atoms with Crippen LogP contribution in [0.3, 0.4) is 0 Å². The molecule has 1 aliphatic carbocycles. The van der Waals surface area contributed by atoms with Crippen LogP contribution >= 0.6 is 0 Å². The molecule has 2 nitrogen and oxygen atoms in total. The van der Waals surface area contributed by atoms with Gasteiger partial charge in [0.1, 0.15) is 11.6 Å². The van der Waals surface area contributed by atoms with Crippen LogP contribution < -0.4 is 0 Å². The second-order valence-corrected chi connectivity index (χ2v) is 6.94. The molecule has 0 radical (unpaired) electrons. The summed E-state index contributed by atoms with van der Waals surface area (Å²) in [6.45, 7) is 3.57. The van der Waals surface area contributed by atoms with E-state index in [1.807, 2.05) is 6.92 Å². The predicted octanol–water partition coefficient (Wildman–Crippen LogP) is 4.84. The minimum atomic E-state index is -0.446. The molecular formula is C19H27F2NO. The van der Waals surface area contributed by atoms with E-state index in [-0.39, 0.29) is 11.6 Å². The van der Waals surface area contributed by atoms with Crippen molar-refractivity contribution in [2.75, 3.05) is 13.1 Å². The van der Waals surface area contributed by atoms with Gasteiger partial charge in [0.15, 0.2) is 0 Å². The van der Waals surface area contributed by atoms with Gasteiger partial charge in [-0.1, -0.05) is 25.3 Å². The molecule has 0 bridgehead atoms. The standard InChI is InChI=1S/C19H27F2NO/c1-14(19-17(20)8-5-9-18(19)21)22-12-10-16(11-13-22)23-15-6-3-2-4-7-15/h5,8-9,14-16H,2-4,6-7,10-13H2,1H3. The monoisotopic (exact) mass is 323 g/mol. The third kappa shape index (κ3) is 4.10. The van der Waals surface area contributed by atoms with Gasteiger partial charge in [-0.15, -0.1) is 0 Å². The van der Waals surface area contributed by atoms with Crippen molar-refractivity contribution in [3.8, 4) is 0 Å². The predicted molar refractivity (Wildman–Crippen MR) is 87.3 cm³/mol. The minimum Gasteiger partial charge on any atom is -0.375 e. The zero-order valence-electron chi connectivity index (χ0n) is 13.9. The minimum absolute atomic E-state index is 0.194. The van der Waals surface area contributed by atoms with E-state index in [2.05, 4.69) is 4.90 Å². The van der Waals surface area contributed by atoms with Crippen molar-refractivity contribution >= 4 is 0 Å². The van der Waals surface area contributed by atoms with Gasteiger partial charge in [-0.05, 0) is 44.7 Å². The van der Waals surface area contributed by atoms with Crippen molar-refractivity contribution in [2.24, 2.45) is 0 Å². The summed E-state index contributed by atoms with van der Waals surface area (Å²) < 4.78 is 34.1. The molecule has 1 aromatic rings. The lowest BCUT2D eigenvalue weighted by Gasteiger charge is -2.38. The van der Waals surface area contributed by atoms with E-state index < -0.39 is 11.6 Å². The van der Waals surface area contributed by atoms with E-state index in [4.69, 9.17) is 4.74 Å². The maximum Gasteiger partial charge on any atom is 0.130 e. The summed E-state index contributed by atoms with van der Waals surface area (Å²) in [5.74, 6) is -0.892. The van der Waals surface area contributed by atoms with Crippen molar-refractivity contribution < 1.29 is 13.5 Å². The molecule has 0 spiro atoms. The molecule has 2 fully saturated rings. The maximum atomic E-state index is 14.0. The zero-order valence-corrected chi connectivity index (χ0v) is 13.9. The molecule has 1 saturated carbocycles. The first-order valence-electron chi connectivity index (χ1n) is 8.98. The highest BCUT2D eigenvalue weighted by Gasteiger charge is 2.28. The molecule has 1 heterocycles. The highest BCUT2D eigenvalue weighted by atomic mass is 19.1. The van der Waals surface area contributed by atoms with Crippen molar-refractivity contribution in [1.29, 1.82) is 0 Å². The lowest BCUT2D eigenvalue weighted by molar-refractivity contribution is -0.0598. The smallest absolute Gasteiger partial charge is 0.130 e. The van der Waals surface area contributed by atoms with Gasteiger partial charge in [0.05, 0.1) is 12.2 Å². The third-order valence-electron chi connectivity index (χ3n) is 5.38. The van der Waals surface area contributed by atoms with Gasteiger partial charge in [0.25, 0.3) is 0 Å². The van der Waals surface area contributed by atoms with Crippen LogP contribution in [0.1, 0.15) is 63.5 Å². The van der Waals surface area contributed by atoms with Crippen LogP contribution in [-0.4, -0.2) is 30.2 Å². The number of likely N-dealkylation sites (tertiary alicyclic amines) is 1. The van der Waals surface area contributed by atoms with Crippen molar-refractivity contribution in [3.05, 3.63) is 35.4 Å². The molecule has 0 aromatic heterocycles. The molecule has 1 unspecified atom stereocenters. The third-order valence-corrected chi connectivity index (χ3v) is 5.38. The number of piperidine rings is 1. The number of benzene rings is 1. The molecule has 23 heavy (non-hydrogen) atoms. The topological polar surface area (TPSA) is 12.5 Å². The lowest BCUT2D eigenvalue weighted by atomic mass is 9.96. The van der Waals surface area contributed by atoms with Crippen LogP contribution in [0.2, 0.25) is 0 Å². The summed E-state index contributed by atoms with van der Waals surface area (Å²) in [6, 6.07) is 3.87. The first kappa shape index (κ1) is 16.8. The fraction of sp³-hybridized carbons (Fsp3) is 0.684. The molecule has 1 saturated heterocycles. The van der Waals surface area contributed by atoms with Crippen LogP contribution in [0.5, 0.6) is 0 Å². The number of rotatable bonds is 4. The van der Waals surface area contributed by atoms with Crippen molar-refractivity contribution in [3.63, 3.8) is 0 Å².